The number of hydrogen-bond donors (Lipinski definition) is 4. The van der Waals surface area contributed by atoms with Crippen molar-refractivity contribution in [3.05, 3.63) is 60.7 Å². The van der Waals surface area contributed by atoms with E-state index in [0.717, 1.165) is 5.56 Å². The summed E-state index contributed by atoms with van der Waals surface area (Å²) in [7, 11) is 0. The van der Waals surface area contributed by atoms with Crippen LogP contribution in [0.3, 0.4) is 0 Å². The highest BCUT2D eigenvalue weighted by Gasteiger charge is 2.32. The van der Waals surface area contributed by atoms with Crippen molar-refractivity contribution in [2.24, 2.45) is 5.92 Å². The summed E-state index contributed by atoms with van der Waals surface area (Å²) in [5.74, 6) is 0.752. The highest BCUT2D eigenvalue weighted by molar-refractivity contribution is 6.00. The van der Waals surface area contributed by atoms with Gasteiger partial charge in [-0.05, 0) is 26.0 Å². The number of nitrogens with zero attached hydrogens (tertiary/aromatic N) is 2. The van der Waals surface area contributed by atoms with E-state index in [0.29, 0.717) is 29.6 Å². The number of carbonyl (C=O) groups is 2. The third-order valence-corrected chi connectivity index (χ3v) is 5.59. The van der Waals surface area contributed by atoms with Crippen LogP contribution in [0.25, 0.3) is 11.3 Å². The molecule has 3 amide bonds. The second-order valence-electron chi connectivity index (χ2n) is 7.89. The minimum atomic E-state index is -0.604. The van der Waals surface area contributed by atoms with E-state index in [2.05, 4.69) is 26.4 Å². The predicted molar refractivity (Wildman–Crippen MR) is 127 cm³/mol. The van der Waals surface area contributed by atoms with E-state index in [4.69, 9.17) is 4.74 Å². The summed E-state index contributed by atoms with van der Waals surface area (Å²) in [6, 6.07) is 18.1. The molecule has 2 aromatic carbocycles. The van der Waals surface area contributed by atoms with Crippen molar-refractivity contribution in [3.63, 3.8) is 0 Å². The molecule has 3 aromatic rings. The number of anilines is 2. The Kier molecular flexibility index (Phi) is 6.60. The Hall–Kier alpha value is -3.85. The number of nitrogens with one attached hydrogen (secondary N) is 4. The Labute approximate surface area is 192 Å². The quantitative estimate of drug-likeness (QED) is 0.459. The van der Waals surface area contributed by atoms with Gasteiger partial charge in [-0.3, -0.25) is 15.4 Å². The number of rotatable bonds is 6. The van der Waals surface area contributed by atoms with Crippen LogP contribution in [0.2, 0.25) is 0 Å². The standard InChI is InChI=1S/C24H28N6O3/c1-4-33-20-13-9-8-12-18(20)26-24(32)27-21-14-19(17-10-6-5-7-11-17)29-30(21)23-25-16(3)15(2)22(31)28-23/h5-16,23,25H,4H2,1-3H3,(H,28,31)(H2,26,27,32). The molecule has 1 fully saturated rings. The van der Waals surface area contributed by atoms with Crippen LogP contribution in [0.4, 0.5) is 16.3 Å². The minimum absolute atomic E-state index is 0.0622. The Morgan fingerprint density at radius 2 is 1.82 bits per heavy atom. The lowest BCUT2D eigenvalue weighted by Gasteiger charge is -2.34. The average molecular weight is 449 g/mol. The summed E-state index contributed by atoms with van der Waals surface area (Å²) in [6.45, 7) is 6.18. The molecule has 1 aliphatic rings. The van der Waals surface area contributed by atoms with E-state index in [9.17, 15) is 9.59 Å². The zero-order valence-electron chi connectivity index (χ0n) is 18.8. The van der Waals surface area contributed by atoms with Gasteiger partial charge in [-0.15, -0.1) is 0 Å². The lowest BCUT2D eigenvalue weighted by Crippen LogP contribution is -2.57. The van der Waals surface area contributed by atoms with Gasteiger partial charge < -0.3 is 15.4 Å². The highest BCUT2D eigenvalue weighted by Crippen LogP contribution is 2.27. The van der Waals surface area contributed by atoms with E-state index in [1.807, 2.05) is 63.2 Å². The fourth-order valence-corrected chi connectivity index (χ4v) is 3.62. The molecule has 0 saturated carbocycles. The molecule has 0 aliphatic carbocycles. The summed E-state index contributed by atoms with van der Waals surface area (Å²) in [5, 5.41) is 16.6. The number of carbonyl (C=O) groups excluding carboxylic acids is 2. The van der Waals surface area contributed by atoms with Crippen LogP contribution in [0.1, 0.15) is 27.1 Å². The zero-order chi connectivity index (χ0) is 23.4. The van der Waals surface area contributed by atoms with E-state index in [1.54, 1.807) is 22.9 Å². The summed E-state index contributed by atoms with van der Waals surface area (Å²) in [5.41, 5.74) is 2.12. The van der Waals surface area contributed by atoms with Gasteiger partial charge in [-0.2, -0.15) is 5.10 Å². The molecule has 2 heterocycles. The number of amides is 3. The molecule has 4 N–H and O–H groups in total. The predicted octanol–water partition coefficient (Wildman–Crippen LogP) is 3.79. The number of aromatic nitrogens is 2. The average Bonchev–Trinajstić information content (AvgIpc) is 3.23. The molecule has 0 spiro atoms. The van der Waals surface area contributed by atoms with E-state index < -0.39 is 12.3 Å². The highest BCUT2D eigenvalue weighted by atomic mass is 16.5. The van der Waals surface area contributed by atoms with Crippen molar-refractivity contribution < 1.29 is 14.3 Å². The fraction of sp³-hybridized carbons (Fsp3) is 0.292. The Bertz CT molecular complexity index is 1130. The molecule has 0 bridgehead atoms. The molecule has 172 valence electrons. The van der Waals surface area contributed by atoms with Gasteiger partial charge in [0.15, 0.2) is 6.29 Å². The van der Waals surface area contributed by atoms with E-state index in [1.165, 1.54) is 0 Å². The van der Waals surface area contributed by atoms with Gasteiger partial charge >= 0.3 is 6.03 Å². The van der Waals surface area contributed by atoms with Gasteiger partial charge in [-0.25, -0.2) is 9.48 Å². The molecular formula is C24H28N6O3. The number of hydrogen-bond acceptors (Lipinski definition) is 5. The van der Waals surface area contributed by atoms with Crippen molar-refractivity contribution in [2.45, 2.75) is 33.1 Å². The van der Waals surface area contributed by atoms with Crippen LogP contribution in [0, 0.1) is 5.92 Å². The first-order chi connectivity index (χ1) is 16.0. The first-order valence-corrected chi connectivity index (χ1v) is 11.0. The van der Waals surface area contributed by atoms with Crippen LogP contribution < -0.4 is 26.0 Å². The summed E-state index contributed by atoms with van der Waals surface area (Å²) in [4.78, 5) is 25.3. The maximum absolute atomic E-state index is 12.9. The maximum atomic E-state index is 12.9. The lowest BCUT2D eigenvalue weighted by molar-refractivity contribution is -0.130. The molecule has 4 rings (SSSR count). The van der Waals surface area contributed by atoms with Gasteiger partial charge in [0, 0.05) is 17.7 Å². The minimum Gasteiger partial charge on any atom is -0.492 e. The Morgan fingerprint density at radius 3 is 2.55 bits per heavy atom. The first-order valence-electron chi connectivity index (χ1n) is 11.0. The molecular weight excluding hydrogens is 420 g/mol. The molecule has 3 atom stereocenters. The van der Waals surface area contributed by atoms with Crippen molar-refractivity contribution >= 4 is 23.4 Å². The summed E-state index contributed by atoms with van der Waals surface area (Å²) >= 11 is 0. The van der Waals surface area contributed by atoms with Crippen molar-refractivity contribution in [2.75, 3.05) is 17.2 Å². The van der Waals surface area contributed by atoms with Gasteiger partial charge in [0.1, 0.15) is 11.6 Å². The zero-order valence-corrected chi connectivity index (χ0v) is 18.8. The largest absolute Gasteiger partial charge is 0.492 e. The Balaban J connectivity index is 1.62. The van der Waals surface area contributed by atoms with Crippen LogP contribution in [0.5, 0.6) is 5.75 Å². The molecule has 1 aromatic heterocycles. The van der Waals surface area contributed by atoms with Gasteiger partial charge in [0.2, 0.25) is 5.91 Å². The number of para-hydroxylation sites is 2. The fourth-order valence-electron chi connectivity index (χ4n) is 3.62. The van der Waals surface area contributed by atoms with Crippen LogP contribution in [0.15, 0.2) is 60.7 Å². The van der Waals surface area contributed by atoms with Crippen molar-refractivity contribution in [1.29, 1.82) is 0 Å². The number of ether oxygens (including phenoxy) is 1. The first kappa shape index (κ1) is 22.3. The van der Waals surface area contributed by atoms with Gasteiger partial charge in [-0.1, -0.05) is 49.4 Å². The molecule has 1 saturated heterocycles. The molecule has 33 heavy (non-hydrogen) atoms. The normalized spacial score (nSPS) is 20.1. The third-order valence-electron chi connectivity index (χ3n) is 5.59. The summed E-state index contributed by atoms with van der Waals surface area (Å²) < 4.78 is 7.17. The SMILES string of the molecule is CCOc1ccccc1NC(=O)Nc1cc(-c2ccccc2)nn1C1NC(=O)C(C)C(C)N1. The van der Waals surface area contributed by atoms with Crippen molar-refractivity contribution in [1.82, 2.24) is 20.4 Å². The number of urea groups is 1. The van der Waals surface area contributed by atoms with Crippen molar-refractivity contribution in [3.8, 4) is 17.0 Å². The lowest BCUT2D eigenvalue weighted by atomic mass is 10.0. The molecule has 1 aliphatic heterocycles. The molecule has 3 unspecified atom stereocenters. The third kappa shape index (κ3) is 4.98. The second kappa shape index (κ2) is 9.74. The molecule has 9 nitrogen and oxygen atoms in total. The van der Waals surface area contributed by atoms with E-state index >= 15 is 0 Å². The second-order valence-corrected chi connectivity index (χ2v) is 7.89. The summed E-state index contributed by atoms with van der Waals surface area (Å²) in [6.07, 6.45) is -0.604. The topological polar surface area (TPSA) is 109 Å². The maximum Gasteiger partial charge on any atom is 0.324 e. The van der Waals surface area contributed by atoms with Crippen LogP contribution in [-0.4, -0.2) is 34.4 Å². The molecule has 0 radical (unpaired) electrons. The van der Waals surface area contributed by atoms with Gasteiger partial charge in [0.05, 0.1) is 23.9 Å². The van der Waals surface area contributed by atoms with E-state index in [-0.39, 0.29) is 17.9 Å². The van der Waals surface area contributed by atoms with Crippen LogP contribution >= 0.6 is 0 Å². The Morgan fingerprint density at radius 1 is 1.09 bits per heavy atom. The van der Waals surface area contributed by atoms with Gasteiger partial charge in [0.25, 0.3) is 0 Å². The van der Waals surface area contributed by atoms with Crippen LogP contribution in [-0.2, 0) is 4.79 Å². The smallest absolute Gasteiger partial charge is 0.324 e. The number of benzene rings is 2. The molecule has 9 heteroatoms. The monoisotopic (exact) mass is 448 g/mol.